The highest BCUT2D eigenvalue weighted by atomic mass is 16.6. The second-order valence-corrected chi connectivity index (χ2v) is 1.91. The molecule has 0 saturated heterocycles. The van der Waals surface area contributed by atoms with Gasteiger partial charge in [-0.15, -0.1) is 0 Å². The first kappa shape index (κ1) is 8.74. The van der Waals surface area contributed by atoms with Crippen molar-refractivity contribution in [2.45, 2.75) is 0 Å². The zero-order chi connectivity index (χ0) is 8.31. The van der Waals surface area contributed by atoms with Crippen molar-refractivity contribution < 1.29 is 4.92 Å². The summed E-state index contributed by atoms with van der Waals surface area (Å²) < 4.78 is 0. The summed E-state index contributed by atoms with van der Waals surface area (Å²) in [5.41, 5.74) is 4.78. The summed E-state index contributed by atoms with van der Waals surface area (Å²) >= 11 is 0. The standard InChI is InChI=1S/C3H7B2N3O2/c4-2(6)1(3(5)7)8(9)10/h6H,4-5,7H2/b3-1+,6-2?. The fraction of sp³-hybridized carbons (Fsp3) is 0. The van der Waals surface area contributed by atoms with E-state index in [2.05, 4.69) is 0 Å². The van der Waals surface area contributed by atoms with Gasteiger partial charge in [-0.05, 0) is 0 Å². The van der Waals surface area contributed by atoms with E-state index in [0.717, 1.165) is 0 Å². The highest BCUT2D eigenvalue weighted by Gasteiger charge is 2.14. The smallest absolute Gasteiger partial charge is 0.288 e. The van der Waals surface area contributed by atoms with Crippen molar-refractivity contribution in [2.24, 2.45) is 5.73 Å². The number of hydrogen-bond acceptors (Lipinski definition) is 4. The minimum absolute atomic E-state index is 0.0671. The third kappa shape index (κ3) is 1.93. The van der Waals surface area contributed by atoms with Gasteiger partial charge < -0.3 is 11.1 Å². The maximum Gasteiger partial charge on any atom is 0.288 e. The van der Waals surface area contributed by atoms with Gasteiger partial charge in [-0.3, -0.25) is 10.1 Å². The highest BCUT2D eigenvalue weighted by Crippen LogP contribution is 1.96. The first-order chi connectivity index (χ1) is 4.46. The summed E-state index contributed by atoms with van der Waals surface area (Å²) in [5, 5.41) is 17.0. The predicted molar refractivity (Wildman–Crippen MR) is 43.0 cm³/mol. The summed E-state index contributed by atoms with van der Waals surface area (Å²) in [7, 11) is 2.73. The molecule has 52 valence electrons. The van der Waals surface area contributed by atoms with Gasteiger partial charge >= 0.3 is 0 Å². The Morgan fingerprint density at radius 3 is 2.00 bits per heavy atom. The van der Waals surface area contributed by atoms with Crippen LogP contribution in [0.25, 0.3) is 0 Å². The lowest BCUT2D eigenvalue weighted by molar-refractivity contribution is -0.415. The first-order valence-electron chi connectivity index (χ1n) is 2.63. The second-order valence-electron chi connectivity index (χ2n) is 1.91. The molecular formula is C3H7B2N3O2. The van der Waals surface area contributed by atoms with Crippen LogP contribution in [0, 0.1) is 15.5 Å². The zero-order valence-corrected chi connectivity index (χ0v) is 5.84. The SMILES string of the molecule is BC(=N)/C(=C(/B)N)[N+](=O)[O-]. The number of allylic oxidation sites excluding steroid dienone is 1. The van der Waals surface area contributed by atoms with E-state index < -0.39 is 4.92 Å². The van der Waals surface area contributed by atoms with Gasteiger partial charge in [-0.1, -0.05) is 0 Å². The topological polar surface area (TPSA) is 93.0 Å². The van der Waals surface area contributed by atoms with Gasteiger partial charge in [-0.2, -0.15) is 0 Å². The van der Waals surface area contributed by atoms with Crippen LogP contribution in [-0.4, -0.2) is 26.2 Å². The molecular weight excluding hydrogens is 132 g/mol. The molecule has 0 atom stereocenters. The molecule has 5 nitrogen and oxygen atoms in total. The average Bonchev–Trinajstić information content (AvgIpc) is 1.59. The van der Waals surface area contributed by atoms with E-state index >= 15 is 0 Å². The van der Waals surface area contributed by atoms with E-state index in [9.17, 15) is 10.1 Å². The minimum atomic E-state index is -0.655. The Bertz CT molecular complexity index is 192. The Hall–Kier alpha value is -1.26. The number of nitrogens with zero attached hydrogens (tertiary/aromatic N) is 1. The quantitative estimate of drug-likeness (QED) is 0.194. The van der Waals surface area contributed by atoms with E-state index in [1.807, 2.05) is 0 Å². The molecule has 0 aromatic carbocycles. The molecule has 0 aromatic heterocycles. The molecule has 0 amide bonds. The molecule has 10 heavy (non-hydrogen) atoms. The number of rotatable bonds is 2. The van der Waals surface area contributed by atoms with E-state index in [1.165, 1.54) is 15.7 Å². The van der Waals surface area contributed by atoms with Crippen LogP contribution in [0.15, 0.2) is 11.3 Å². The molecule has 7 heteroatoms. The molecule has 0 aliphatic heterocycles. The van der Waals surface area contributed by atoms with E-state index in [4.69, 9.17) is 11.1 Å². The van der Waals surface area contributed by atoms with Gasteiger partial charge in [0.2, 0.25) is 0 Å². The van der Waals surface area contributed by atoms with Gasteiger partial charge in [0.05, 0.1) is 10.5 Å². The highest BCUT2D eigenvalue weighted by molar-refractivity contribution is 6.63. The van der Waals surface area contributed by atoms with E-state index in [1.54, 1.807) is 0 Å². The third-order valence-electron chi connectivity index (χ3n) is 0.911. The van der Waals surface area contributed by atoms with Crippen molar-refractivity contribution in [3.05, 3.63) is 21.4 Å². The normalized spacial score (nSPS) is 12.0. The van der Waals surface area contributed by atoms with Crippen LogP contribution >= 0.6 is 0 Å². The number of nitro groups is 1. The Morgan fingerprint density at radius 1 is 1.60 bits per heavy atom. The van der Waals surface area contributed by atoms with Crippen LogP contribution in [-0.2, 0) is 0 Å². The Kier molecular flexibility index (Phi) is 2.66. The fourth-order valence-corrected chi connectivity index (χ4v) is 0.577. The summed E-state index contributed by atoms with van der Waals surface area (Å²) in [4.78, 5) is 9.45. The third-order valence-corrected chi connectivity index (χ3v) is 0.911. The molecule has 0 heterocycles. The molecule has 0 fully saturated rings. The number of nitrogens with one attached hydrogen (secondary N) is 1. The molecule has 0 unspecified atom stereocenters. The fourth-order valence-electron chi connectivity index (χ4n) is 0.577. The van der Waals surface area contributed by atoms with Gasteiger partial charge in [0.25, 0.3) is 5.70 Å². The summed E-state index contributed by atoms with van der Waals surface area (Å²) in [6, 6.07) is 0. The van der Waals surface area contributed by atoms with Gasteiger partial charge in [0.15, 0.2) is 15.7 Å². The van der Waals surface area contributed by atoms with Crippen molar-refractivity contribution in [3.8, 4) is 0 Å². The largest absolute Gasteiger partial charge is 0.405 e. The first-order valence-corrected chi connectivity index (χ1v) is 2.63. The summed E-state index contributed by atoms with van der Waals surface area (Å²) in [5.74, 6) is 0. The van der Waals surface area contributed by atoms with Crippen molar-refractivity contribution in [3.63, 3.8) is 0 Å². The van der Waals surface area contributed by atoms with Gasteiger partial charge in [-0.25, -0.2) is 0 Å². The maximum absolute atomic E-state index is 10.1. The minimum Gasteiger partial charge on any atom is -0.405 e. The number of nitrogens with two attached hydrogens (primary N) is 1. The van der Waals surface area contributed by atoms with Crippen molar-refractivity contribution in [2.75, 3.05) is 0 Å². The van der Waals surface area contributed by atoms with E-state index in [-0.39, 0.29) is 16.9 Å². The van der Waals surface area contributed by atoms with Crippen LogP contribution in [0.4, 0.5) is 0 Å². The molecule has 0 bridgehead atoms. The van der Waals surface area contributed by atoms with Crippen molar-refractivity contribution in [1.29, 1.82) is 5.41 Å². The van der Waals surface area contributed by atoms with Crippen LogP contribution in [0.3, 0.4) is 0 Å². The van der Waals surface area contributed by atoms with Crippen LogP contribution in [0.5, 0.6) is 0 Å². The zero-order valence-electron chi connectivity index (χ0n) is 5.84. The molecule has 0 radical (unpaired) electrons. The predicted octanol–water partition coefficient (Wildman–Crippen LogP) is -2.37. The molecule has 0 spiro atoms. The maximum atomic E-state index is 10.1. The lowest BCUT2D eigenvalue weighted by atomic mass is 9.91. The van der Waals surface area contributed by atoms with Gasteiger partial charge in [0, 0.05) is 5.60 Å². The Morgan fingerprint density at radius 2 is 2.00 bits per heavy atom. The average molecular weight is 139 g/mol. The lowest BCUT2D eigenvalue weighted by Crippen LogP contribution is -2.17. The summed E-state index contributed by atoms with van der Waals surface area (Å²) in [6.07, 6.45) is 0. The van der Waals surface area contributed by atoms with Crippen LogP contribution in [0.2, 0.25) is 0 Å². The Balaban J connectivity index is 4.79. The Labute approximate surface area is 59.8 Å². The summed E-state index contributed by atoms with van der Waals surface area (Å²) in [6.45, 7) is 0. The molecule has 3 N–H and O–H groups in total. The number of hydrogen-bond donors (Lipinski definition) is 2. The lowest BCUT2D eigenvalue weighted by Gasteiger charge is -1.96. The van der Waals surface area contributed by atoms with Gasteiger partial charge in [0.1, 0.15) is 0 Å². The van der Waals surface area contributed by atoms with Crippen LogP contribution in [0.1, 0.15) is 0 Å². The molecule has 0 aliphatic carbocycles. The molecule has 0 saturated carbocycles. The molecule has 0 rings (SSSR count). The monoisotopic (exact) mass is 139 g/mol. The molecule has 0 aromatic rings. The molecule has 0 aliphatic rings. The van der Waals surface area contributed by atoms with Crippen molar-refractivity contribution in [1.82, 2.24) is 0 Å². The van der Waals surface area contributed by atoms with E-state index in [0.29, 0.717) is 0 Å². The second kappa shape index (κ2) is 3.05. The van der Waals surface area contributed by atoms with Crippen LogP contribution < -0.4 is 5.73 Å². The van der Waals surface area contributed by atoms with Crippen molar-refractivity contribution >= 4 is 21.3 Å².